The van der Waals surface area contributed by atoms with Gasteiger partial charge in [-0.05, 0) is 37.0 Å². The van der Waals surface area contributed by atoms with E-state index < -0.39 is 11.7 Å². The second-order valence-electron chi connectivity index (χ2n) is 5.28. The minimum Gasteiger partial charge on any atom is -0.497 e. The highest BCUT2D eigenvalue weighted by molar-refractivity contribution is 6.52. The number of anilines is 1. The van der Waals surface area contributed by atoms with Gasteiger partial charge in [0.1, 0.15) is 5.75 Å². The molecule has 0 unspecified atom stereocenters. The van der Waals surface area contributed by atoms with E-state index in [9.17, 15) is 9.59 Å². The molecule has 0 N–H and O–H groups in total. The summed E-state index contributed by atoms with van der Waals surface area (Å²) >= 11 is 0. The molecule has 0 aromatic heterocycles. The third kappa shape index (κ3) is 2.01. The summed E-state index contributed by atoms with van der Waals surface area (Å²) in [6.45, 7) is 0.671. The van der Waals surface area contributed by atoms with Crippen LogP contribution in [0, 0.1) is 5.92 Å². The first-order valence-corrected chi connectivity index (χ1v) is 6.75. The number of carbonyl (C=O) groups excluding carboxylic acids is 2. The molecule has 0 saturated heterocycles. The zero-order chi connectivity index (χ0) is 13.4. The van der Waals surface area contributed by atoms with Gasteiger partial charge in [0.2, 0.25) is 0 Å². The van der Waals surface area contributed by atoms with Crippen LogP contribution in [0.1, 0.15) is 36.0 Å². The van der Waals surface area contributed by atoms with Gasteiger partial charge in [-0.1, -0.05) is 12.8 Å². The Bertz CT molecular complexity index is 532. The monoisotopic (exact) mass is 259 g/mol. The van der Waals surface area contributed by atoms with E-state index in [2.05, 4.69) is 0 Å². The highest BCUT2D eigenvalue weighted by Crippen LogP contribution is 2.35. The molecule has 19 heavy (non-hydrogen) atoms. The van der Waals surface area contributed by atoms with Crippen molar-refractivity contribution in [2.75, 3.05) is 18.6 Å². The van der Waals surface area contributed by atoms with Crippen LogP contribution in [0.5, 0.6) is 5.75 Å². The summed E-state index contributed by atoms with van der Waals surface area (Å²) in [6, 6.07) is 5.27. The molecule has 1 aliphatic carbocycles. The van der Waals surface area contributed by atoms with Crippen molar-refractivity contribution >= 4 is 17.4 Å². The number of Topliss-reactive ketones (excluding diaryl/α,β-unsaturated/α-hetero) is 1. The van der Waals surface area contributed by atoms with Gasteiger partial charge in [0.25, 0.3) is 11.7 Å². The number of rotatable bonds is 3. The topological polar surface area (TPSA) is 46.6 Å². The lowest BCUT2D eigenvalue weighted by molar-refractivity contribution is -0.114. The Morgan fingerprint density at radius 3 is 2.68 bits per heavy atom. The predicted octanol–water partition coefficient (Wildman–Crippen LogP) is 2.41. The number of nitrogens with zero attached hydrogens (tertiary/aromatic N) is 1. The summed E-state index contributed by atoms with van der Waals surface area (Å²) in [7, 11) is 1.55. The van der Waals surface area contributed by atoms with E-state index in [0.717, 1.165) is 18.5 Å². The van der Waals surface area contributed by atoms with Gasteiger partial charge in [-0.25, -0.2) is 0 Å². The van der Waals surface area contributed by atoms with Crippen LogP contribution < -0.4 is 9.64 Å². The Morgan fingerprint density at radius 1 is 1.26 bits per heavy atom. The fourth-order valence-corrected chi connectivity index (χ4v) is 3.04. The van der Waals surface area contributed by atoms with Crippen molar-refractivity contribution in [3.8, 4) is 5.75 Å². The molecule has 1 heterocycles. The summed E-state index contributed by atoms with van der Waals surface area (Å²) in [5, 5.41) is 0. The van der Waals surface area contributed by atoms with Crippen LogP contribution in [0.25, 0.3) is 0 Å². The second kappa shape index (κ2) is 4.68. The predicted molar refractivity (Wildman–Crippen MR) is 71.6 cm³/mol. The van der Waals surface area contributed by atoms with Gasteiger partial charge in [0.05, 0.1) is 18.4 Å². The molecule has 0 radical (unpaired) electrons. The molecule has 0 atom stereocenters. The minimum absolute atomic E-state index is 0.393. The molecule has 4 heteroatoms. The maximum absolute atomic E-state index is 12.1. The SMILES string of the molecule is COc1ccc2c(c1)C(=O)C(=O)N2CC1CCCC1. The van der Waals surface area contributed by atoms with Crippen molar-refractivity contribution < 1.29 is 14.3 Å². The number of methoxy groups -OCH3 is 1. The van der Waals surface area contributed by atoms with E-state index in [1.54, 1.807) is 24.1 Å². The van der Waals surface area contributed by atoms with Gasteiger partial charge < -0.3 is 9.64 Å². The third-order valence-electron chi connectivity index (χ3n) is 4.09. The largest absolute Gasteiger partial charge is 0.497 e. The number of carbonyl (C=O) groups is 2. The first kappa shape index (κ1) is 12.2. The van der Waals surface area contributed by atoms with Crippen molar-refractivity contribution in [1.82, 2.24) is 0 Å². The fourth-order valence-electron chi connectivity index (χ4n) is 3.04. The molecule has 0 bridgehead atoms. The lowest BCUT2D eigenvalue weighted by atomic mass is 10.1. The highest BCUT2D eigenvalue weighted by atomic mass is 16.5. The van der Waals surface area contributed by atoms with Gasteiger partial charge in [-0.15, -0.1) is 0 Å². The van der Waals surface area contributed by atoms with Gasteiger partial charge in [-0.3, -0.25) is 9.59 Å². The van der Waals surface area contributed by atoms with Crippen molar-refractivity contribution in [3.63, 3.8) is 0 Å². The van der Waals surface area contributed by atoms with Gasteiger partial charge >= 0.3 is 0 Å². The summed E-state index contributed by atoms with van der Waals surface area (Å²) in [6.07, 6.45) is 4.78. The Balaban J connectivity index is 1.90. The maximum Gasteiger partial charge on any atom is 0.299 e. The van der Waals surface area contributed by atoms with Crippen LogP contribution in [-0.4, -0.2) is 25.3 Å². The van der Waals surface area contributed by atoms with Crippen LogP contribution in [0.4, 0.5) is 5.69 Å². The van der Waals surface area contributed by atoms with Gasteiger partial charge in [0, 0.05) is 6.54 Å². The molecule has 1 aromatic carbocycles. The Labute approximate surface area is 112 Å². The summed E-state index contributed by atoms with van der Waals surface area (Å²) in [4.78, 5) is 25.7. The molecule has 1 aliphatic heterocycles. The summed E-state index contributed by atoms with van der Waals surface area (Å²) in [5.74, 6) is 0.342. The average Bonchev–Trinajstić information content (AvgIpc) is 3.02. The minimum atomic E-state index is -0.410. The summed E-state index contributed by atoms with van der Waals surface area (Å²) in [5.41, 5.74) is 1.21. The number of amides is 1. The summed E-state index contributed by atoms with van der Waals surface area (Å²) < 4.78 is 5.11. The Kier molecular flexibility index (Phi) is 3.01. The van der Waals surface area contributed by atoms with E-state index in [4.69, 9.17) is 4.74 Å². The molecule has 1 aromatic rings. The van der Waals surface area contributed by atoms with Crippen molar-refractivity contribution in [1.29, 1.82) is 0 Å². The maximum atomic E-state index is 12.1. The Morgan fingerprint density at radius 2 is 2.00 bits per heavy atom. The third-order valence-corrected chi connectivity index (χ3v) is 4.09. The van der Waals surface area contributed by atoms with Crippen molar-refractivity contribution in [3.05, 3.63) is 23.8 Å². The van der Waals surface area contributed by atoms with Crippen molar-refractivity contribution in [2.24, 2.45) is 5.92 Å². The highest BCUT2D eigenvalue weighted by Gasteiger charge is 2.37. The fraction of sp³-hybridized carbons (Fsp3) is 0.467. The molecule has 1 fully saturated rings. The number of ketones is 1. The second-order valence-corrected chi connectivity index (χ2v) is 5.28. The van der Waals surface area contributed by atoms with E-state index in [1.165, 1.54) is 12.8 Å². The number of ether oxygens (including phenoxy) is 1. The van der Waals surface area contributed by atoms with E-state index >= 15 is 0 Å². The van der Waals surface area contributed by atoms with Crippen LogP contribution in [0.15, 0.2) is 18.2 Å². The lowest BCUT2D eigenvalue weighted by Gasteiger charge is -2.20. The normalized spacial score (nSPS) is 19.1. The number of benzene rings is 1. The van der Waals surface area contributed by atoms with Gasteiger partial charge in [0.15, 0.2) is 0 Å². The number of hydrogen-bond donors (Lipinski definition) is 0. The molecular formula is C15H17NO3. The zero-order valence-corrected chi connectivity index (χ0v) is 11.0. The lowest BCUT2D eigenvalue weighted by Crippen LogP contribution is -2.33. The first-order chi connectivity index (χ1) is 9.20. The standard InChI is InChI=1S/C15H17NO3/c1-19-11-6-7-13-12(8-11)14(17)15(18)16(13)9-10-4-2-3-5-10/h6-8,10H,2-5,9H2,1H3. The van der Waals surface area contributed by atoms with Crippen LogP contribution in [0.3, 0.4) is 0 Å². The Hall–Kier alpha value is -1.84. The molecule has 0 spiro atoms. The van der Waals surface area contributed by atoms with Gasteiger partial charge in [-0.2, -0.15) is 0 Å². The smallest absolute Gasteiger partial charge is 0.299 e. The quantitative estimate of drug-likeness (QED) is 0.783. The van der Waals surface area contributed by atoms with Crippen LogP contribution in [-0.2, 0) is 4.79 Å². The molecular weight excluding hydrogens is 242 g/mol. The molecule has 1 amide bonds. The molecule has 4 nitrogen and oxygen atoms in total. The molecule has 1 saturated carbocycles. The van der Waals surface area contributed by atoms with E-state index in [-0.39, 0.29) is 0 Å². The average molecular weight is 259 g/mol. The van der Waals surface area contributed by atoms with E-state index in [0.29, 0.717) is 23.8 Å². The molecule has 2 aliphatic rings. The van der Waals surface area contributed by atoms with Crippen LogP contribution >= 0.6 is 0 Å². The van der Waals surface area contributed by atoms with Crippen LogP contribution in [0.2, 0.25) is 0 Å². The molecule has 3 rings (SSSR count). The number of hydrogen-bond acceptors (Lipinski definition) is 3. The zero-order valence-electron chi connectivity index (χ0n) is 11.0. The van der Waals surface area contributed by atoms with Crippen molar-refractivity contribution in [2.45, 2.75) is 25.7 Å². The first-order valence-electron chi connectivity index (χ1n) is 6.75. The van der Waals surface area contributed by atoms with E-state index in [1.807, 2.05) is 6.07 Å². The molecule has 100 valence electrons. The number of fused-ring (bicyclic) bond motifs is 1.